The molecule has 2 aromatic rings. The van der Waals surface area contributed by atoms with Gasteiger partial charge in [-0.05, 0) is 31.4 Å². The van der Waals surface area contributed by atoms with Crippen LogP contribution in [0.4, 0.5) is 5.69 Å². The number of hydrogen-bond donors (Lipinski definition) is 1. The van der Waals surface area contributed by atoms with Gasteiger partial charge in [-0.2, -0.15) is 10.2 Å². The lowest BCUT2D eigenvalue weighted by Gasteiger charge is -2.24. The molecule has 0 bridgehead atoms. The van der Waals surface area contributed by atoms with E-state index in [0.717, 1.165) is 24.5 Å². The van der Waals surface area contributed by atoms with Crippen LogP contribution in [-0.4, -0.2) is 35.9 Å². The molecular formula is C15H18N4. The molecule has 2 unspecified atom stereocenters. The van der Waals surface area contributed by atoms with Gasteiger partial charge in [-0.1, -0.05) is 18.2 Å². The van der Waals surface area contributed by atoms with E-state index in [4.69, 9.17) is 0 Å². The Labute approximate surface area is 112 Å². The van der Waals surface area contributed by atoms with Crippen molar-refractivity contribution in [1.29, 1.82) is 0 Å². The van der Waals surface area contributed by atoms with Gasteiger partial charge in [0.05, 0.1) is 17.4 Å². The van der Waals surface area contributed by atoms with Crippen molar-refractivity contribution >= 4 is 16.6 Å². The molecule has 0 radical (unpaired) electrons. The lowest BCUT2D eigenvalue weighted by atomic mass is 9.94. The Balaban J connectivity index is 1.71. The summed E-state index contributed by atoms with van der Waals surface area (Å²) >= 11 is 0. The zero-order chi connectivity index (χ0) is 12.7. The number of benzene rings is 1. The molecule has 1 aromatic heterocycles. The van der Waals surface area contributed by atoms with Crippen molar-refractivity contribution in [3.8, 4) is 0 Å². The SMILES string of the molecule is c1ccc2c(N3CC4CCCNC4C3)cnnc2c1. The molecule has 4 heteroatoms. The van der Waals surface area contributed by atoms with Crippen LogP contribution in [0.25, 0.3) is 10.9 Å². The van der Waals surface area contributed by atoms with Gasteiger partial charge in [-0.3, -0.25) is 0 Å². The topological polar surface area (TPSA) is 41.0 Å². The molecule has 0 saturated carbocycles. The summed E-state index contributed by atoms with van der Waals surface area (Å²) in [6, 6.07) is 8.93. The predicted octanol–water partition coefficient (Wildman–Crippen LogP) is 1.82. The van der Waals surface area contributed by atoms with Gasteiger partial charge in [0.25, 0.3) is 0 Å². The molecule has 4 rings (SSSR count). The minimum absolute atomic E-state index is 0.653. The van der Waals surface area contributed by atoms with E-state index in [0.29, 0.717) is 6.04 Å². The molecule has 2 saturated heterocycles. The van der Waals surface area contributed by atoms with Crippen LogP contribution in [0.2, 0.25) is 0 Å². The maximum Gasteiger partial charge on any atom is 0.0950 e. The number of hydrogen-bond acceptors (Lipinski definition) is 4. The molecule has 4 nitrogen and oxygen atoms in total. The first-order chi connectivity index (χ1) is 9.42. The van der Waals surface area contributed by atoms with E-state index in [9.17, 15) is 0 Å². The fourth-order valence-electron chi connectivity index (χ4n) is 3.49. The van der Waals surface area contributed by atoms with E-state index < -0.39 is 0 Å². The highest BCUT2D eigenvalue weighted by molar-refractivity contribution is 5.90. The lowest BCUT2D eigenvalue weighted by Crippen LogP contribution is -2.40. The molecule has 0 aliphatic carbocycles. The molecule has 2 fully saturated rings. The van der Waals surface area contributed by atoms with E-state index in [1.165, 1.54) is 30.5 Å². The molecule has 19 heavy (non-hydrogen) atoms. The third kappa shape index (κ3) is 1.87. The highest BCUT2D eigenvalue weighted by Crippen LogP contribution is 2.32. The fourth-order valence-corrected chi connectivity index (χ4v) is 3.49. The normalized spacial score (nSPS) is 26.6. The van der Waals surface area contributed by atoms with Crippen LogP contribution in [0.1, 0.15) is 12.8 Å². The second kappa shape index (κ2) is 4.46. The zero-order valence-corrected chi connectivity index (χ0v) is 10.9. The van der Waals surface area contributed by atoms with Gasteiger partial charge < -0.3 is 10.2 Å². The molecular weight excluding hydrogens is 236 g/mol. The summed E-state index contributed by atoms with van der Waals surface area (Å²) in [5, 5.41) is 13.2. The minimum Gasteiger partial charge on any atom is -0.368 e. The van der Waals surface area contributed by atoms with E-state index in [-0.39, 0.29) is 0 Å². The molecule has 2 aliphatic rings. The van der Waals surface area contributed by atoms with Gasteiger partial charge in [0.1, 0.15) is 0 Å². The van der Waals surface area contributed by atoms with Crippen molar-refractivity contribution in [2.75, 3.05) is 24.5 Å². The number of nitrogens with zero attached hydrogens (tertiary/aromatic N) is 3. The first-order valence-corrected chi connectivity index (χ1v) is 7.10. The summed E-state index contributed by atoms with van der Waals surface area (Å²) in [6.45, 7) is 3.41. The van der Waals surface area contributed by atoms with Crippen molar-refractivity contribution in [3.05, 3.63) is 30.5 Å². The van der Waals surface area contributed by atoms with Crippen LogP contribution in [0.3, 0.4) is 0 Å². The van der Waals surface area contributed by atoms with Crippen molar-refractivity contribution in [2.24, 2.45) is 5.92 Å². The summed E-state index contributed by atoms with van der Waals surface area (Å²) in [5.41, 5.74) is 2.23. The Kier molecular flexibility index (Phi) is 2.62. The van der Waals surface area contributed by atoms with Crippen molar-refractivity contribution in [1.82, 2.24) is 15.5 Å². The predicted molar refractivity (Wildman–Crippen MR) is 76.3 cm³/mol. The van der Waals surface area contributed by atoms with Crippen molar-refractivity contribution in [2.45, 2.75) is 18.9 Å². The van der Waals surface area contributed by atoms with Crippen LogP contribution >= 0.6 is 0 Å². The van der Waals surface area contributed by atoms with Crippen LogP contribution in [-0.2, 0) is 0 Å². The average molecular weight is 254 g/mol. The van der Waals surface area contributed by atoms with Gasteiger partial charge in [0, 0.05) is 24.5 Å². The summed E-state index contributed by atoms with van der Waals surface area (Å²) in [4.78, 5) is 2.48. The summed E-state index contributed by atoms with van der Waals surface area (Å²) in [7, 11) is 0. The smallest absolute Gasteiger partial charge is 0.0950 e. The Morgan fingerprint density at radius 1 is 1.21 bits per heavy atom. The standard InChI is InChI=1S/C15H18N4/c1-2-6-13-12(5-1)15(8-17-18-13)19-9-11-4-3-7-16-14(11)10-19/h1-2,5-6,8,11,14,16H,3-4,7,9-10H2. The molecule has 2 aliphatic heterocycles. The largest absolute Gasteiger partial charge is 0.368 e. The van der Waals surface area contributed by atoms with Crippen LogP contribution in [0.15, 0.2) is 30.5 Å². The zero-order valence-electron chi connectivity index (χ0n) is 10.9. The van der Waals surface area contributed by atoms with Crippen molar-refractivity contribution < 1.29 is 0 Å². The lowest BCUT2D eigenvalue weighted by molar-refractivity contribution is 0.340. The average Bonchev–Trinajstić information content (AvgIpc) is 2.90. The molecule has 0 amide bonds. The number of piperidine rings is 1. The maximum atomic E-state index is 4.21. The third-order valence-electron chi connectivity index (χ3n) is 4.47. The summed E-state index contributed by atoms with van der Waals surface area (Å²) in [5.74, 6) is 0.792. The van der Waals surface area contributed by atoms with Gasteiger partial charge in [0.2, 0.25) is 0 Å². The van der Waals surface area contributed by atoms with Gasteiger partial charge in [0.15, 0.2) is 0 Å². The molecule has 0 spiro atoms. The van der Waals surface area contributed by atoms with Crippen LogP contribution < -0.4 is 10.2 Å². The quantitative estimate of drug-likeness (QED) is 0.843. The Morgan fingerprint density at radius 2 is 2.16 bits per heavy atom. The number of nitrogens with one attached hydrogen (secondary N) is 1. The third-order valence-corrected chi connectivity index (χ3v) is 4.47. The molecule has 1 aromatic carbocycles. The van der Waals surface area contributed by atoms with Gasteiger partial charge >= 0.3 is 0 Å². The molecule has 1 N–H and O–H groups in total. The fraction of sp³-hybridized carbons (Fsp3) is 0.467. The monoisotopic (exact) mass is 254 g/mol. The number of fused-ring (bicyclic) bond motifs is 2. The van der Waals surface area contributed by atoms with E-state index in [2.05, 4.69) is 32.5 Å². The first-order valence-electron chi connectivity index (χ1n) is 7.10. The highest BCUT2D eigenvalue weighted by atomic mass is 15.2. The maximum absolute atomic E-state index is 4.21. The number of anilines is 1. The van der Waals surface area contributed by atoms with E-state index in [1.807, 2.05) is 18.3 Å². The summed E-state index contributed by atoms with van der Waals surface area (Å²) < 4.78 is 0. The molecule has 2 atom stereocenters. The van der Waals surface area contributed by atoms with Gasteiger partial charge in [-0.25, -0.2) is 0 Å². The number of rotatable bonds is 1. The Hall–Kier alpha value is -1.68. The second-order valence-corrected chi connectivity index (χ2v) is 5.61. The van der Waals surface area contributed by atoms with E-state index >= 15 is 0 Å². The first kappa shape index (κ1) is 11.2. The molecule has 3 heterocycles. The summed E-state index contributed by atoms with van der Waals surface area (Å²) in [6.07, 6.45) is 4.58. The Morgan fingerprint density at radius 3 is 3.11 bits per heavy atom. The Bertz CT molecular complexity index is 578. The molecule has 98 valence electrons. The van der Waals surface area contributed by atoms with Gasteiger partial charge in [-0.15, -0.1) is 0 Å². The van der Waals surface area contributed by atoms with E-state index in [1.54, 1.807) is 0 Å². The van der Waals surface area contributed by atoms with Crippen molar-refractivity contribution in [3.63, 3.8) is 0 Å². The second-order valence-electron chi connectivity index (χ2n) is 5.61. The highest BCUT2D eigenvalue weighted by Gasteiger charge is 2.34. The minimum atomic E-state index is 0.653. The van der Waals surface area contributed by atoms with Crippen LogP contribution in [0, 0.1) is 5.92 Å². The van der Waals surface area contributed by atoms with Crippen LogP contribution in [0.5, 0.6) is 0 Å². The number of aromatic nitrogens is 2.